The smallest absolute Gasteiger partial charge is 0.214 e. The lowest BCUT2D eigenvalue weighted by molar-refractivity contribution is 0.214. The fraction of sp³-hybridized carbons (Fsp3) is 0.364. The van der Waals surface area contributed by atoms with Crippen molar-refractivity contribution >= 4 is 11.6 Å². The Bertz CT molecular complexity index is 486. The fourth-order valence-corrected chi connectivity index (χ4v) is 1.72. The van der Waals surface area contributed by atoms with Gasteiger partial charge in [0.15, 0.2) is 6.10 Å². The minimum absolute atomic E-state index is 0.250. The largest absolute Gasteiger partial charge is 0.482 e. The Morgan fingerprint density at radius 3 is 2.94 bits per heavy atom. The highest BCUT2D eigenvalue weighted by atomic mass is 35.5. The van der Waals surface area contributed by atoms with Gasteiger partial charge >= 0.3 is 0 Å². The molecular weight excluding hydrogens is 240 g/mol. The zero-order chi connectivity index (χ0) is 12.3. The Labute approximate surface area is 104 Å². The molecule has 0 aliphatic rings. The van der Waals surface area contributed by atoms with E-state index in [0.29, 0.717) is 10.8 Å². The molecule has 2 aromatic rings. The summed E-state index contributed by atoms with van der Waals surface area (Å²) in [5, 5.41) is 14.4. The first-order valence-electron chi connectivity index (χ1n) is 5.39. The molecule has 1 atom stereocenters. The number of tetrazole rings is 1. The maximum Gasteiger partial charge on any atom is 0.214 e. The molecule has 1 heterocycles. The molecule has 0 fully saturated rings. The molecular formula is C11H13ClN4O. The van der Waals surface area contributed by atoms with Crippen molar-refractivity contribution < 1.29 is 4.74 Å². The number of aryl methyl sites for hydroxylation is 1. The summed E-state index contributed by atoms with van der Waals surface area (Å²) in [6, 6.07) is 5.57. The van der Waals surface area contributed by atoms with Crippen LogP contribution in [-0.4, -0.2) is 20.6 Å². The number of hydrogen-bond donors (Lipinski definition) is 1. The lowest BCUT2D eigenvalue weighted by Gasteiger charge is -2.14. The van der Waals surface area contributed by atoms with Crippen LogP contribution in [0.2, 0.25) is 5.02 Å². The zero-order valence-corrected chi connectivity index (χ0v) is 10.4. The number of aromatic amines is 1. The van der Waals surface area contributed by atoms with Gasteiger partial charge in [0.2, 0.25) is 5.82 Å². The minimum Gasteiger partial charge on any atom is -0.482 e. The van der Waals surface area contributed by atoms with E-state index in [-0.39, 0.29) is 6.10 Å². The molecule has 1 aromatic heterocycles. The lowest BCUT2D eigenvalue weighted by atomic mass is 10.1. The molecule has 6 heteroatoms. The standard InChI is InChI=1S/C11H13ClN4O/c1-3-8-6-9(12)4-5-10(8)17-7(2)11-13-15-16-14-11/h4-7H,3H2,1-2H3,(H,13,14,15,16)/t7-/m0/s1. The molecule has 1 N–H and O–H groups in total. The third-order valence-corrected chi connectivity index (χ3v) is 2.67. The van der Waals surface area contributed by atoms with Crippen LogP contribution in [0.4, 0.5) is 0 Å². The molecule has 0 spiro atoms. The lowest BCUT2D eigenvalue weighted by Crippen LogP contribution is -2.06. The third-order valence-electron chi connectivity index (χ3n) is 2.43. The Kier molecular flexibility index (Phi) is 3.58. The first kappa shape index (κ1) is 11.9. The van der Waals surface area contributed by atoms with Crippen LogP contribution < -0.4 is 4.74 Å². The van der Waals surface area contributed by atoms with Gasteiger partial charge in [-0.3, -0.25) is 0 Å². The molecule has 0 amide bonds. The van der Waals surface area contributed by atoms with Gasteiger partial charge in [-0.25, -0.2) is 0 Å². The molecule has 0 saturated carbocycles. The van der Waals surface area contributed by atoms with Crippen molar-refractivity contribution in [3.05, 3.63) is 34.6 Å². The van der Waals surface area contributed by atoms with Crippen molar-refractivity contribution in [1.29, 1.82) is 0 Å². The van der Waals surface area contributed by atoms with Crippen molar-refractivity contribution in [2.24, 2.45) is 0 Å². The summed E-state index contributed by atoms with van der Waals surface area (Å²) < 4.78 is 5.79. The molecule has 1 aromatic carbocycles. The average Bonchev–Trinajstić information content (AvgIpc) is 2.85. The van der Waals surface area contributed by atoms with Crippen LogP contribution in [0, 0.1) is 0 Å². The third kappa shape index (κ3) is 2.74. The molecule has 90 valence electrons. The summed E-state index contributed by atoms with van der Waals surface area (Å²) in [6.45, 7) is 3.93. The predicted octanol–water partition coefficient (Wildman–Crippen LogP) is 2.56. The van der Waals surface area contributed by atoms with Crippen molar-refractivity contribution in [3.8, 4) is 5.75 Å². The van der Waals surface area contributed by atoms with Gasteiger partial charge in [-0.05, 0) is 37.1 Å². The van der Waals surface area contributed by atoms with Gasteiger partial charge in [0, 0.05) is 5.02 Å². The maximum atomic E-state index is 5.94. The van der Waals surface area contributed by atoms with Crippen LogP contribution in [-0.2, 0) is 6.42 Å². The minimum atomic E-state index is -0.250. The van der Waals surface area contributed by atoms with E-state index in [9.17, 15) is 0 Å². The summed E-state index contributed by atoms with van der Waals surface area (Å²) in [5.41, 5.74) is 1.06. The van der Waals surface area contributed by atoms with Crippen LogP contribution in [0.3, 0.4) is 0 Å². The van der Waals surface area contributed by atoms with Crippen LogP contribution >= 0.6 is 11.6 Å². The van der Waals surface area contributed by atoms with Crippen molar-refractivity contribution in [2.75, 3.05) is 0 Å². The Balaban J connectivity index is 2.18. The van der Waals surface area contributed by atoms with E-state index in [1.807, 2.05) is 19.1 Å². The number of aromatic nitrogens is 4. The van der Waals surface area contributed by atoms with Gasteiger partial charge in [-0.15, -0.1) is 10.2 Å². The van der Waals surface area contributed by atoms with E-state index in [4.69, 9.17) is 16.3 Å². The van der Waals surface area contributed by atoms with Crippen LogP contribution in [0.25, 0.3) is 0 Å². The summed E-state index contributed by atoms with van der Waals surface area (Å²) in [6.07, 6.45) is 0.606. The molecule has 0 bridgehead atoms. The topological polar surface area (TPSA) is 63.7 Å². The summed E-state index contributed by atoms with van der Waals surface area (Å²) >= 11 is 5.94. The Morgan fingerprint density at radius 2 is 2.29 bits per heavy atom. The summed E-state index contributed by atoms with van der Waals surface area (Å²) in [4.78, 5) is 0. The second-order valence-electron chi connectivity index (χ2n) is 3.64. The van der Waals surface area contributed by atoms with E-state index >= 15 is 0 Å². The van der Waals surface area contributed by atoms with Crippen molar-refractivity contribution in [3.63, 3.8) is 0 Å². The van der Waals surface area contributed by atoms with E-state index in [1.54, 1.807) is 6.07 Å². The Morgan fingerprint density at radius 1 is 1.47 bits per heavy atom. The number of rotatable bonds is 4. The molecule has 0 unspecified atom stereocenters. The van der Waals surface area contributed by atoms with Gasteiger partial charge in [-0.1, -0.05) is 23.7 Å². The molecule has 0 aliphatic carbocycles. The van der Waals surface area contributed by atoms with E-state index < -0.39 is 0 Å². The fourth-order valence-electron chi connectivity index (χ4n) is 1.52. The quantitative estimate of drug-likeness (QED) is 0.908. The average molecular weight is 253 g/mol. The van der Waals surface area contributed by atoms with Gasteiger partial charge in [0.1, 0.15) is 5.75 Å². The van der Waals surface area contributed by atoms with E-state index in [2.05, 4.69) is 27.5 Å². The number of benzene rings is 1. The highest BCUT2D eigenvalue weighted by Crippen LogP contribution is 2.26. The number of nitrogens with one attached hydrogen (secondary N) is 1. The number of H-pyrrole nitrogens is 1. The van der Waals surface area contributed by atoms with Crippen molar-refractivity contribution in [1.82, 2.24) is 20.6 Å². The van der Waals surface area contributed by atoms with Gasteiger partial charge < -0.3 is 4.74 Å². The highest BCUT2D eigenvalue weighted by Gasteiger charge is 2.13. The predicted molar refractivity (Wildman–Crippen MR) is 64.1 cm³/mol. The van der Waals surface area contributed by atoms with E-state index in [0.717, 1.165) is 17.7 Å². The molecule has 2 rings (SSSR count). The van der Waals surface area contributed by atoms with Crippen molar-refractivity contribution in [2.45, 2.75) is 26.4 Å². The first-order chi connectivity index (χ1) is 8.20. The number of hydrogen-bond acceptors (Lipinski definition) is 4. The summed E-state index contributed by atoms with van der Waals surface area (Å²) in [5.74, 6) is 1.33. The number of ether oxygens (including phenoxy) is 1. The van der Waals surface area contributed by atoms with Crippen LogP contribution in [0.5, 0.6) is 5.75 Å². The van der Waals surface area contributed by atoms with E-state index in [1.165, 1.54) is 0 Å². The number of nitrogens with zero attached hydrogens (tertiary/aromatic N) is 3. The van der Waals surface area contributed by atoms with Gasteiger partial charge in [0.25, 0.3) is 0 Å². The molecule has 0 aliphatic heterocycles. The molecule has 0 saturated heterocycles. The first-order valence-corrected chi connectivity index (χ1v) is 5.77. The normalized spacial score (nSPS) is 12.4. The van der Waals surface area contributed by atoms with Gasteiger partial charge in [-0.2, -0.15) is 5.21 Å². The monoisotopic (exact) mass is 252 g/mol. The van der Waals surface area contributed by atoms with Gasteiger partial charge in [0.05, 0.1) is 0 Å². The second kappa shape index (κ2) is 5.14. The SMILES string of the molecule is CCc1cc(Cl)ccc1O[C@@H](C)c1nn[nH]n1. The second-order valence-corrected chi connectivity index (χ2v) is 4.07. The highest BCUT2D eigenvalue weighted by molar-refractivity contribution is 6.30. The van der Waals surface area contributed by atoms with Crippen LogP contribution in [0.1, 0.15) is 31.3 Å². The summed E-state index contributed by atoms with van der Waals surface area (Å²) in [7, 11) is 0. The molecule has 0 radical (unpaired) electrons. The molecule has 17 heavy (non-hydrogen) atoms. The maximum absolute atomic E-state index is 5.94. The molecule has 5 nitrogen and oxygen atoms in total. The van der Waals surface area contributed by atoms with Crippen LogP contribution in [0.15, 0.2) is 18.2 Å². The zero-order valence-electron chi connectivity index (χ0n) is 9.64. The number of halogens is 1. The Hall–Kier alpha value is -1.62.